The third-order valence-electron chi connectivity index (χ3n) is 3.46. The summed E-state index contributed by atoms with van der Waals surface area (Å²) >= 11 is 0. The molecule has 0 radical (unpaired) electrons. The Morgan fingerprint density at radius 1 is 1.35 bits per heavy atom. The Morgan fingerprint density at radius 3 is 2.75 bits per heavy atom. The lowest BCUT2D eigenvalue weighted by Crippen LogP contribution is -2.28. The molecule has 1 atom stereocenters. The van der Waals surface area contributed by atoms with Crippen LogP contribution < -0.4 is 0 Å². The number of aromatic nitrogens is 2. The predicted octanol–water partition coefficient (Wildman–Crippen LogP) is 2.15. The van der Waals surface area contributed by atoms with Gasteiger partial charge in [-0.15, -0.1) is 10.2 Å². The zero-order valence-corrected chi connectivity index (χ0v) is 11.0. The Balaban J connectivity index is 1.70. The van der Waals surface area contributed by atoms with Crippen LogP contribution in [0.2, 0.25) is 0 Å². The van der Waals surface area contributed by atoms with Crippen molar-refractivity contribution in [2.45, 2.75) is 19.3 Å². The van der Waals surface area contributed by atoms with Gasteiger partial charge in [-0.3, -0.25) is 4.79 Å². The first-order valence-electron chi connectivity index (χ1n) is 6.48. The second-order valence-electron chi connectivity index (χ2n) is 4.90. The maximum Gasteiger partial charge on any atom is 0.253 e. The third kappa shape index (κ3) is 2.41. The van der Waals surface area contributed by atoms with Crippen molar-refractivity contribution in [2.24, 2.45) is 0 Å². The van der Waals surface area contributed by atoms with E-state index in [4.69, 9.17) is 4.42 Å². The first-order chi connectivity index (χ1) is 9.63. The molecule has 1 aliphatic heterocycles. The summed E-state index contributed by atoms with van der Waals surface area (Å²) < 4.78 is 18.3. The number of hydrogen-bond donors (Lipinski definition) is 0. The molecule has 3 rings (SSSR count). The van der Waals surface area contributed by atoms with Crippen LogP contribution in [0.4, 0.5) is 4.39 Å². The summed E-state index contributed by atoms with van der Waals surface area (Å²) in [6, 6.07) is 5.59. The standard InChI is InChI=1S/C14H14FN3O2/c1-9-16-17-13(20-9)11-6-7-18(8-11)14(19)10-2-4-12(15)5-3-10/h2-5,11H,6-8H2,1H3. The lowest BCUT2D eigenvalue weighted by molar-refractivity contribution is 0.0790. The van der Waals surface area contributed by atoms with Crippen molar-refractivity contribution >= 4 is 5.91 Å². The molecule has 1 fully saturated rings. The Labute approximate surface area is 115 Å². The molecule has 0 bridgehead atoms. The number of halogens is 1. The summed E-state index contributed by atoms with van der Waals surface area (Å²) in [5.74, 6) is 0.756. The van der Waals surface area contributed by atoms with Crippen LogP contribution in [-0.2, 0) is 0 Å². The van der Waals surface area contributed by atoms with Gasteiger partial charge in [-0.2, -0.15) is 0 Å². The Kier molecular flexibility index (Phi) is 3.22. The number of hydrogen-bond acceptors (Lipinski definition) is 4. The van der Waals surface area contributed by atoms with E-state index in [9.17, 15) is 9.18 Å². The van der Waals surface area contributed by atoms with Crippen molar-refractivity contribution in [3.8, 4) is 0 Å². The van der Waals surface area contributed by atoms with Crippen LogP contribution in [0.25, 0.3) is 0 Å². The van der Waals surface area contributed by atoms with E-state index in [-0.39, 0.29) is 17.6 Å². The molecule has 1 aromatic heterocycles. The molecule has 6 heteroatoms. The van der Waals surface area contributed by atoms with Gasteiger partial charge in [0, 0.05) is 25.6 Å². The molecule has 1 aliphatic rings. The van der Waals surface area contributed by atoms with Crippen molar-refractivity contribution < 1.29 is 13.6 Å². The van der Waals surface area contributed by atoms with E-state index >= 15 is 0 Å². The van der Waals surface area contributed by atoms with E-state index in [1.165, 1.54) is 24.3 Å². The van der Waals surface area contributed by atoms with E-state index in [2.05, 4.69) is 10.2 Å². The zero-order chi connectivity index (χ0) is 14.1. The van der Waals surface area contributed by atoms with Crippen molar-refractivity contribution in [2.75, 3.05) is 13.1 Å². The number of carbonyl (C=O) groups is 1. The summed E-state index contributed by atoms with van der Waals surface area (Å²) in [6.07, 6.45) is 0.800. The second kappa shape index (κ2) is 5.03. The molecule has 2 aromatic rings. The first-order valence-corrected chi connectivity index (χ1v) is 6.48. The number of aryl methyl sites for hydroxylation is 1. The van der Waals surface area contributed by atoms with Gasteiger partial charge in [0.2, 0.25) is 11.8 Å². The number of amides is 1. The molecule has 1 amide bonds. The van der Waals surface area contributed by atoms with Gasteiger partial charge in [0.25, 0.3) is 5.91 Å². The van der Waals surface area contributed by atoms with Gasteiger partial charge >= 0.3 is 0 Å². The molecule has 0 N–H and O–H groups in total. The summed E-state index contributed by atoms with van der Waals surface area (Å²) in [5, 5.41) is 7.81. The Bertz CT molecular complexity index is 624. The molecule has 1 unspecified atom stereocenters. The fraction of sp³-hybridized carbons (Fsp3) is 0.357. The average molecular weight is 275 g/mol. The van der Waals surface area contributed by atoms with Crippen LogP contribution in [0, 0.1) is 12.7 Å². The number of rotatable bonds is 2. The maximum absolute atomic E-state index is 12.9. The third-order valence-corrected chi connectivity index (χ3v) is 3.46. The molecule has 2 heterocycles. The van der Waals surface area contributed by atoms with Gasteiger partial charge in [-0.05, 0) is 30.7 Å². The number of nitrogens with zero attached hydrogens (tertiary/aromatic N) is 3. The molecule has 20 heavy (non-hydrogen) atoms. The number of carbonyl (C=O) groups excluding carboxylic acids is 1. The smallest absolute Gasteiger partial charge is 0.253 e. The summed E-state index contributed by atoms with van der Waals surface area (Å²) in [7, 11) is 0. The Hall–Kier alpha value is -2.24. The van der Waals surface area contributed by atoms with Crippen molar-refractivity contribution in [3.63, 3.8) is 0 Å². The predicted molar refractivity (Wildman–Crippen MR) is 68.7 cm³/mol. The topological polar surface area (TPSA) is 59.2 Å². The highest BCUT2D eigenvalue weighted by atomic mass is 19.1. The van der Waals surface area contributed by atoms with Gasteiger partial charge in [0.05, 0.1) is 5.92 Å². The lowest BCUT2D eigenvalue weighted by atomic mass is 10.1. The molecule has 1 aromatic carbocycles. The van der Waals surface area contributed by atoms with E-state index in [1.807, 2.05) is 0 Å². The largest absolute Gasteiger partial charge is 0.425 e. The summed E-state index contributed by atoms with van der Waals surface area (Å²) in [6.45, 7) is 2.94. The normalized spacial score (nSPS) is 18.5. The molecule has 0 aliphatic carbocycles. The van der Waals surface area contributed by atoms with Crippen LogP contribution in [0.3, 0.4) is 0 Å². The van der Waals surface area contributed by atoms with Gasteiger partial charge < -0.3 is 9.32 Å². The molecule has 104 valence electrons. The molecule has 0 spiro atoms. The SMILES string of the molecule is Cc1nnc(C2CCN(C(=O)c3ccc(F)cc3)C2)o1. The second-order valence-corrected chi connectivity index (χ2v) is 4.90. The van der Waals surface area contributed by atoms with E-state index in [0.717, 1.165) is 6.42 Å². The highest BCUT2D eigenvalue weighted by Crippen LogP contribution is 2.27. The molecule has 0 saturated carbocycles. The van der Waals surface area contributed by atoms with Crippen LogP contribution >= 0.6 is 0 Å². The first kappa shape index (κ1) is 12.8. The zero-order valence-electron chi connectivity index (χ0n) is 11.0. The summed E-state index contributed by atoms with van der Waals surface area (Å²) in [4.78, 5) is 14.0. The fourth-order valence-electron chi connectivity index (χ4n) is 2.40. The van der Waals surface area contributed by atoms with Crippen molar-refractivity contribution in [1.82, 2.24) is 15.1 Å². The van der Waals surface area contributed by atoms with Crippen LogP contribution in [0.1, 0.15) is 34.5 Å². The van der Waals surface area contributed by atoms with E-state index in [0.29, 0.717) is 30.4 Å². The lowest BCUT2D eigenvalue weighted by Gasteiger charge is -2.15. The van der Waals surface area contributed by atoms with Gasteiger partial charge in [-0.25, -0.2) is 4.39 Å². The quantitative estimate of drug-likeness (QED) is 0.842. The highest BCUT2D eigenvalue weighted by Gasteiger charge is 2.31. The van der Waals surface area contributed by atoms with Gasteiger partial charge in [0.15, 0.2) is 0 Å². The van der Waals surface area contributed by atoms with Crippen LogP contribution in [0.15, 0.2) is 28.7 Å². The fourth-order valence-corrected chi connectivity index (χ4v) is 2.40. The monoisotopic (exact) mass is 275 g/mol. The highest BCUT2D eigenvalue weighted by molar-refractivity contribution is 5.94. The van der Waals surface area contributed by atoms with Crippen molar-refractivity contribution in [3.05, 3.63) is 47.4 Å². The average Bonchev–Trinajstić information content (AvgIpc) is 3.07. The minimum Gasteiger partial charge on any atom is -0.425 e. The summed E-state index contributed by atoms with van der Waals surface area (Å²) in [5.41, 5.74) is 0.494. The van der Waals surface area contributed by atoms with E-state index < -0.39 is 0 Å². The number of benzene rings is 1. The molecular formula is C14H14FN3O2. The minimum absolute atomic E-state index is 0.0839. The van der Waals surface area contributed by atoms with Gasteiger partial charge in [-0.1, -0.05) is 0 Å². The number of likely N-dealkylation sites (tertiary alicyclic amines) is 1. The van der Waals surface area contributed by atoms with Gasteiger partial charge in [0.1, 0.15) is 5.82 Å². The van der Waals surface area contributed by atoms with Crippen LogP contribution in [-0.4, -0.2) is 34.1 Å². The van der Waals surface area contributed by atoms with E-state index in [1.54, 1.807) is 11.8 Å². The minimum atomic E-state index is -0.345. The Morgan fingerprint density at radius 2 is 2.10 bits per heavy atom. The molecule has 5 nitrogen and oxygen atoms in total. The van der Waals surface area contributed by atoms with Crippen molar-refractivity contribution in [1.29, 1.82) is 0 Å². The maximum atomic E-state index is 12.9. The molecular weight excluding hydrogens is 261 g/mol. The van der Waals surface area contributed by atoms with Crippen LogP contribution in [0.5, 0.6) is 0 Å². The molecule has 1 saturated heterocycles.